The minimum Gasteiger partial charge on any atom is -0.355 e. The summed E-state index contributed by atoms with van der Waals surface area (Å²) < 4.78 is 0. The Morgan fingerprint density at radius 1 is 1.41 bits per heavy atom. The molecule has 0 bridgehead atoms. The molecule has 2 fully saturated rings. The van der Waals surface area contributed by atoms with E-state index in [2.05, 4.69) is 10.6 Å². The number of rotatable bonds is 3. The van der Waals surface area contributed by atoms with E-state index in [9.17, 15) is 9.59 Å². The molecule has 0 radical (unpaired) electrons. The van der Waals surface area contributed by atoms with Gasteiger partial charge in [-0.25, -0.2) is 0 Å². The number of amides is 2. The maximum atomic E-state index is 12.0. The van der Waals surface area contributed by atoms with E-state index in [1.807, 2.05) is 0 Å². The fourth-order valence-corrected chi connectivity index (χ4v) is 2.77. The molecule has 2 rings (SSSR count). The highest BCUT2D eigenvalue weighted by atomic mass is 16.2. The largest absolute Gasteiger partial charge is 0.355 e. The summed E-state index contributed by atoms with van der Waals surface area (Å²) in [5, 5.41) is 5.83. The molecule has 4 N–H and O–H groups in total. The third kappa shape index (κ3) is 2.97. The highest BCUT2D eigenvalue weighted by Gasteiger charge is 2.31. The Labute approximate surface area is 102 Å². The molecule has 3 atom stereocenters. The van der Waals surface area contributed by atoms with E-state index in [0.29, 0.717) is 31.8 Å². The van der Waals surface area contributed by atoms with Crippen LogP contribution in [-0.2, 0) is 9.59 Å². The van der Waals surface area contributed by atoms with Crippen LogP contribution in [0.2, 0.25) is 0 Å². The van der Waals surface area contributed by atoms with E-state index < -0.39 is 0 Å². The molecule has 5 heteroatoms. The van der Waals surface area contributed by atoms with Gasteiger partial charge in [0.1, 0.15) is 0 Å². The summed E-state index contributed by atoms with van der Waals surface area (Å²) in [5.74, 6) is 0.494. The van der Waals surface area contributed by atoms with Gasteiger partial charge >= 0.3 is 0 Å². The monoisotopic (exact) mass is 239 g/mol. The Balaban J connectivity index is 1.82. The predicted molar refractivity (Wildman–Crippen MR) is 64.1 cm³/mol. The number of piperidine rings is 1. The molecule has 1 heterocycles. The average molecular weight is 239 g/mol. The normalized spacial score (nSPS) is 33.2. The highest BCUT2D eigenvalue weighted by molar-refractivity contribution is 5.83. The molecule has 0 aromatic heterocycles. The molecule has 0 aromatic rings. The molecule has 17 heavy (non-hydrogen) atoms. The van der Waals surface area contributed by atoms with Crippen molar-refractivity contribution in [3.63, 3.8) is 0 Å². The van der Waals surface area contributed by atoms with E-state index in [1.165, 1.54) is 0 Å². The van der Waals surface area contributed by atoms with Crippen LogP contribution in [0, 0.1) is 11.8 Å². The smallest absolute Gasteiger partial charge is 0.225 e. The predicted octanol–water partition coefficient (Wildman–Crippen LogP) is -0.244. The average Bonchev–Trinajstić information content (AvgIpc) is 2.77. The van der Waals surface area contributed by atoms with Gasteiger partial charge in [-0.3, -0.25) is 9.59 Å². The van der Waals surface area contributed by atoms with Gasteiger partial charge in [0.15, 0.2) is 0 Å². The molecular formula is C12H21N3O2. The van der Waals surface area contributed by atoms with E-state index in [1.54, 1.807) is 0 Å². The minimum absolute atomic E-state index is 0.0507. The Morgan fingerprint density at radius 3 is 2.88 bits per heavy atom. The van der Waals surface area contributed by atoms with Crippen LogP contribution in [0.15, 0.2) is 0 Å². The zero-order valence-electron chi connectivity index (χ0n) is 10.1. The first-order chi connectivity index (χ1) is 8.20. The molecule has 1 saturated carbocycles. The van der Waals surface area contributed by atoms with Gasteiger partial charge in [0.25, 0.3) is 0 Å². The number of nitrogens with two attached hydrogens (primary N) is 1. The maximum absolute atomic E-state index is 12.0. The SMILES string of the molecule is NCC1CCCC1NC(=O)C1CCC(=O)NC1. The van der Waals surface area contributed by atoms with Crippen molar-refractivity contribution >= 4 is 11.8 Å². The summed E-state index contributed by atoms with van der Waals surface area (Å²) in [7, 11) is 0. The summed E-state index contributed by atoms with van der Waals surface area (Å²) in [6.07, 6.45) is 4.42. The highest BCUT2D eigenvalue weighted by Crippen LogP contribution is 2.25. The lowest BCUT2D eigenvalue weighted by molar-refractivity contribution is -0.129. The van der Waals surface area contributed by atoms with Crippen LogP contribution in [0.5, 0.6) is 0 Å². The van der Waals surface area contributed by atoms with Crippen LogP contribution in [0.25, 0.3) is 0 Å². The quantitative estimate of drug-likeness (QED) is 0.635. The summed E-state index contributed by atoms with van der Waals surface area (Å²) >= 11 is 0. The Bertz CT molecular complexity index is 296. The first-order valence-corrected chi connectivity index (χ1v) is 6.48. The second-order valence-corrected chi connectivity index (χ2v) is 5.08. The minimum atomic E-state index is -0.0632. The van der Waals surface area contributed by atoms with Gasteiger partial charge in [-0.1, -0.05) is 6.42 Å². The molecule has 5 nitrogen and oxygen atoms in total. The van der Waals surface area contributed by atoms with Crippen molar-refractivity contribution in [1.82, 2.24) is 10.6 Å². The molecule has 0 spiro atoms. The molecule has 0 aromatic carbocycles. The van der Waals surface area contributed by atoms with Crippen molar-refractivity contribution in [3.05, 3.63) is 0 Å². The zero-order valence-corrected chi connectivity index (χ0v) is 10.1. The molecule has 1 saturated heterocycles. The van der Waals surface area contributed by atoms with Crippen molar-refractivity contribution in [1.29, 1.82) is 0 Å². The van der Waals surface area contributed by atoms with Gasteiger partial charge in [-0.05, 0) is 31.7 Å². The number of nitrogens with one attached hydrogen (secondary N) is 2. The molecule has 3 unspecified atom stereocenters. The van der Waals surface area contributed by atoms with Crippen molar-refractivity contribution in [2.75, 3.05) is 13.1 Å². The molecule has 2 aliphatic rings. The second-order valence-electron chi connectivity index (χ2n) is 5.08. The van der Waals surface area contributed by atoms with Crippen LogP contribution in [0.4, 0.5) is 0 Å². The first-order valence-electron chi connectivity index (χ1n) is 6.48. The number of hydrogen-bond acceptors (Lipinski definition) is 3. The van der Waals surface area contributed by atoms with Crippen molar-refractivity contribution < 1.29 is 9.59 Å². The van der Waals surface area contributed by atoms with Gasteiger partial charge in [-0.2, -0.15) is 0 Å². The van der Waals surface area contributed by atoms with E-state index in [4.69, 9.17) is 5.73 Å². The van der Waals surface area contributed by atoms with Crippen LogP contribution in [-0.4, -0.2) is 30.9 Å². The van der Waals surface area contributed by atoms with Crippen molar-refractivity contribution in [2.45, 2.75) is 38.1 Å². The summed E-state index contributed by atoms with van der Waals surface area (Å²) in [6, 6.07) is 0.241. The van der Waals surface area contributed by atoms with Gasteiger partial charge in [0.2, 0.25) is 11.8 Å². The van der Waals surface area contributed by atoms with Gasteiger partial charge in [0.05, 0.1) is 5.92 Å². The number of carbonyl (C=O) groups is 2. The van der Waals surface area contributed by atoms with E-state index in [-0.39, 0.29) is 23.8 Å². The zero-order chi connectivity index (χ0) is 12.3. The lowest BCUT2D eigenvalue weighted by Crippen LogP contribution is -2.47. The molecule has 96 valence electrons. The summed E-state index contributed by atoms with van der Waals surface area (Å²) in [4.78, 5) is 23.0. The Morgan fingerprint density at radius 2 is 2.24 bits per heavy atom. The molecule has 1 aliphatic heterocycles. The van der Waals surface area contributed by atoms with Gasteiger partial charge < -0.3 is 16.4 Å². The lowest BCUT2D eigenvalue weighted by Gasteiger charge is -2.25. The van der Waals surface area contributed by atoms with Crippen LogP contribution in [0.1, 0.15) is 32.1 Å². The van der Waals surface area contributed by atoms with Gasteiger partial charge in [0, 0.05) is 19.0 Å². The third-order valence-corrected chi connectivity index (χ3v) is 3.93. The molecule has 2 amide bonds. The summed E-state index contributed by atoms with van der Waals surface area (Å²) in [5.41, 5.74) is 5.69. The Hall–Kier alpha value is -1.10. The van der Waals surface area contributed by atoms with Gasteiger partial charge in [-0.15, -0.1) is 0 Å². The van der Waals surface area contributed by atoms with E-state index in [0.717, 1.165) is 19.3 Å². The third-order valence-electron chi connectivity index (χ3n) is 3.93. The standard InChI is InChI=1S/C12H21N3O2/c13-6-8-2-1-3-10(8)15-12(17)9-4-5-11(16)14-7-9/h8-10H,1-7,13H2,(H,14,16)(H,15,17). The topological polar surface area (TPSA) is 84.2 Å². The molecular weight excluding hydrogens is 218 g/mol. The van der Waals surface area contributed by atoms with Crippen LogP contribution >= 0.6 is 0 Å². The fraction of sp³-hybridized carbons (Fsp3) is 0.833. The number of carbonyl (C=O) groups excluding carboxylic acids is 2. The second kappa shape index (κ2) is 5.49. The van der Waals surface area contributed by atoms with E-state index >= 15 is 0 Å². The summed E-state index contributed by atoms with van der Waals surface area (Å²) in [6.45, 7) is 1.12. The molecule has 1 aliphatic carbocycles. The maximum Gasteiger partial charge on any atom is 0.225 e. The van der Waals surface area contributed by atoms with Crippen LogP contribution < -0.4 is 16.4 Å². The first kappa shape index (κ1) is 12.4. The lowest BCUT2D eigenvalue weighted by atomic mass is 9.96. The Kier molecular flexibility index (Phi) is 3.99. The van der Waals surface area contributed by atoms with Crippen molar-refractivity contribution in [2.24, 2.45) is 17.6 Å². The fourth-order valence-electron chi connectivity index (χ4n) is 2.77. The number of hydrogen-bond donors (Lipinski definition) is 3. The van der Waals surface area contributed by atoms with Crippen molar-refractivity contribution in [3.8, 4) is 0 Å². The van der Waals surface area contributed by atoms with Crippen LogP contribution in [0.3, 0.4) is 0 Å².